The fourth-order valence-electron chi connectivity index (χ4n) is 4.14. The molecule has 5 rings (SSSR count). The lowest BCUT2D eigenvalue weighted by Crippen LogP contribution is -2.37. The van der Waals surface area contributed by atoms with Crippen molar-refractivity contribution in [3.63, 3.8) is 0 Å². The Kier molecular flexibility index (Phi) is 6.25. The van der Waals surface area contributed by atoms with Crippen LogP contribution in [-0.2, 0) is 14.3 Å². The second-order valence-corrected chi connectivity index (χ2v) is 9.57. The molecule has 0 spiro atoms. The highest BCUT2D eigenvalue weighted by Gasteiger charge is 2.20. The van der Waals surface area contributed by atoms with Crippen LogP contribution < -0.4 is 10.2 Å². The van der Waals surface area contributed by atoms with Crippen LogP contribution in [0.2, 0.25) is 0 Å². The Morgan fingerprint density at radius 1 is 1.14 bits per heavy atom. The van der Waals surface area contributed by atoms with Gasteiger partial charge in [0.15, 0.2) is 5.65 Å². The maximum absolute atomic E-state index is 12.2. The van der Waals surface area contributed by atoms with Gasteiger partial charge >= 0.3 is 5.97 Å². The van der Waals surface area contributed by atoms with E-state index in [1.807, 2.05) is 63.5 Å². The van der Waals surface area contributed by atoms with E-state index in [0.717, 1.165) is 52.4 Å². The summed E-state index contributed by atoms with van der Waals surface area (Å²) in [5.74, 6) is 1.36. The van der Waals surface area contributed by atoms with Gasteiger partial charge in [0.05, 0.1) is 31.3 Å². The number of nitrogens with one attached hydrogen (secondary N) is 1. The number of esters is 1. The van der Waals surface area contributed by atoms with Crippen LogP contribution in [0.4, 0.5) is 11.6 Å². The Bertz CT molecular complexity index is 1350. The predicted molar refractivity (Wildman–Crippen MR) is 136 cm³/mol. The van der Waals surface area contributed by atoms with Gasteiger partial charge < -0.3 is 19.7 Å². The number of anilines is 2. The third kappa shape index (κ3) is 5.19. The van der Waals surface area contributed by atoms with E-state index in [-0.39, 0.29) is 12.4 Å². The normalized spacial score (nSPS) is 14.4. The van der Waals surface area contributed by atoms with Gasteiger partial charge in [-0.3, -0.25) is 9.78 Å². The Morgan fingerprint density at radius 2 is 1.94 bits per heavy atom. The summed E-state index contributed by atoms with van der Waals surface area (Å²) in [6, 6.07) is 12.1. The van der Waals surface area contributed by atoms with E-state index in [9.17, 15) is 4.79 Å². The smallest absolute Gasteiger partial charge is 0.308 e. The average Bonchev–Trinajstić information content (AvgIpc) is 3.27. The Morgan fingerprint density at radius 3 is 2.74 bits per heavy atom. The zero-order valence-electron chi connectivity index (χ0n) is 20.3. The number of fused-ring (bicyclic) bond motifs is 2. The van der Waals surface area contributed by atoms with E-state index >= 15 is 0 Å². The molecule has 0 unspecified atom stereocenters. The van der Waals surface area contributed by atoms with Gasteiger partial charge in [-0.05, 0) is 32.9 Å². The van der Waals surface area contributed by atoms with E-state index < -0.39 is 5.60 Å². The summed E-state index contributed by atoms with van der Waals surface area (Å²) in [5, 5.41) is 9.05. The van der Waals surface area contributed by atoms with Crippen LogP contribution in [0.5, 0.6) is 0 Å². The highest BCUT2D eigenvalue weighted by molar-refractivity contribution is 5.87. The van der Waals surface area contributed by atoms with Gasteiger partial charge in [0.25, 0.3) is 0 Å². The fourth-order valence-corrected chi connectivity index (χ4v) is 4.14. The summed E-state index contributed by atoms with van der Waals surface area (Å²) in [5.41, 5.74) is 3.01. The third-order valence-corrected chi connectivity index (χ3v) is 5.75. The minimum Gasteiger partial charge on any atom is -0.460 e. The zero-order chi connectivity index (χ0) is 24.4. The predicted octanol–water partition coefficient (Wildman–Crippen LogP) is 3.92. The number of rotatable bonds is 6. The quantitative estimate of drug-likeness (QED) is 0.420. The van der Waals surface area contributed by atoms with Crippen LogP contribution in [-0.4, -0.2) is 64.0 Å². The van der Waals surface area contributed by atoms with Crippen molar-refractivity contribution in [3.05, 3.63) is 48.8 Å². The molecule has 1 N–H and O–H groups in total. The average molecular weight is 475 g/mol. The summed E-state index contributed by atoms with van der Waals surface area (Å²) in [7, 11) is 0. The van der Waals surface area contributed by atoms with Crippen LogP contribution in [0.25, 0.3) is 27.7 Å². The first-order valence-corrected chi connectivity index (χ1v) is 11.9. The number of carbonyl (C=O) groups is 1. The molecule has 35 heavy (non-hydrogen) atoms. The van der Waals surface area contributed by atoms with Gasteiger partial charge in [-0.15, -0.1) is 0 Å². The summed E-state index contributed by atoms with van der Waals surface area (Å²) in [6.07, 6.45) is 3.92. The van der Waals surface area contributed by atoms with Gasteiger partial charge in [0.1, 0.15) is 17.2 Å². The fraction of sp³-hybridized carbons (Fsp3) is 0.385. The molecule has 0 aliphatic carbocycles. The van der Waals surface area contributed by atoms with Crippen LogP contribution in [0.1, 0.15) is 27.2 Å². The molecule has 0 bridgehead atoms. The third-order valence-electron chi connectivity index (χ3n) is 5.75. The Hall–Kier alpha value is -3.72. The Balaban J connectivity index is 1.49. The van der Waals surface area contributed by atoms with E-state index in [1.54, 1.807) is 4.52 Å². The zero-order valence-corrected chi connectivity index (χ0v) is 20.3. The van der Waals surface area contributed by atoms with Crippen molar-refractivity contribution in [1.29, 1.82) is 0 Å². The van der Waals surface area contributed by atoms with Crippen molar-refractivity contribution in [2.75, 3.05) is 43.1 Å². The van der Waals surface area contributed by atoms with Crippen LogP contribution in [0.15, 0.2) is 48.8 Å². The summed E-state index contributed by atoms with van der Waals surface area (Å²) in [6.45, 7) is 8.88. The lowest BCUT2D eigenvalue weighted by Gasteiger charge is -2.28. The molecule has 1 aliphatic heterocycles. The van der Waals surface area contributed by atoms with Gasteiger partial charge in [0.2, 0.25) is 0 Å². The van der Waals surface area contributed by atoms with Crippen LogP contribution in [0.3, 0.4) is 0 Å². The second-order valence-electron chi connectivity index (χ2n) is 9.57. The first kappa shape index (κ1) is 23.0. The topological polar surface area (TPSA) is 93.9 Å². The maximum Gasteiger partial charge on any atom is 0.308 e. The van der Waals surface area contributed by atoms with Crippen molar-refractivity contribution in [3.8, 4) is 11.1 Å². The SMILES string of the molecule is CC(C)(C)OC(=O)CCNc1cc(N2CCOCC2)nc2c(-c3cnc4ccccc4c3)cnn12. The molecule has 0 atom stereocenters. The summed E-state index contributed by atoms with van der Waals surface area (Å²) in [4.78, 5) is 24.0. The molecule has 1 aromatic carbocycles. The number of nitrogens with zero attached hydrogens (tertiary/aromatic N) is 5. The number of pyridine rings is 1. The molecule has 4 aromatic rings. The van der Waals surface area contributed by atoms with E-state index in [2.05, 4.69) is 26.4 Å². The standard InChI is InChI=1S/C26H30N6O3/c1-26(2,3)35-24(33)8-9-27-22-15-23(31-10-12-34-13-11-31)30-25-20(17-29-32(22)25)19-14-18-6-4-5-7-21(18)28-16-19/h4-7,14-17,27H,8-13H2,1-3H3. The Labute approximate surface area is 204 Å². The van der Waals surface area contributed by atoms with E-state index in [1.165, 1.54) is 0 Å². The van der Waals surface area contributed by atoms with Crippen LogP contribution in [0, 0.1) is 0 Å². The molecule has 182 valence electrons. The molecule has 0 amide bonds. The molecule has 1 fully saturated rings. The van der Waals surface area contributed by atoms with Gasteiger partial charge in [-0.2, -0.15) is 9.61 Å². The summed E-state index contributed by atoms with van der Waals surface area (Å²) >= 11 is 0. The molecule has 1 saturated heterocycles. The molecule has 9 nitrogen and oxygen atoms in total. The molecule has 0 saturated carbocycles. The number of ether oxygens (including phenoxy) is 2. The largest absolute Gasteiger partial charge is 0.460 e. The molecule has 3 aromatic heterocycles. The van der Waals surface area contributed by atoms with E-state index in [0.29, 0.717) is 19.8 Å². The second kappa shape index (κ2) is 9.50. The highest BCUT2D eigenvalue weighted by Crippen LogP contribution is 2.29. The molecule has 4 heterocycles. The molecule has 0 radical (unpaired) electrons. The van der Waals surface area contributed by atoms with Crippen LogP contribution >= 0.6 is 0 Å². The number of hydrogen-bond acceptors (Lipinski definition) is 8. The lowest BCUT2D eigenvalue weighted by molar-refractivity contribution is -0.154. The lowest BCUT2D eigenvalue weighted by atomic mass is 10.1. The number of hydrogen-bond donors (Lipinski definition) is 1. The molecule has 9 heteroatoms. The van der Waals surface area contributed by atoms with Crippen molar-refractivity contribution >= 4 is 34.2 Å². The van der Waals surface area contributed by atoms with Crippen molar-refractivity contribution in [1.82, 2.24) is 19.6 Å². The van der Waals surface area contributed by atoms with Gasteiger partial charge in [-0.1, -0.05) is 18.2 Å². The van der Waals surface area contributed by atoms with E-state index in [4.69, 9.17) is 14.5 Å². The molecular weight excluding hydrogens is 444 g/mol. The highest BCUT2D eigenvalue weighted by atomic mass is 16.6. The minimum absolute atomic E-state index is 0.243. The first-order valence-electron chi connectivity index (χ1n) is 11.9. The number of para-hydroxylation sites is 1. The van der Waals surface area contributed by atoms with Gasteiger partial charge in [0, 0.05) is 48.4 Å². The first-order chi connectivity index (χ1) is 16.9. The number of aromatic nitrogens is 4. The number of morpholine rings is 1. The minimum atomic E-state index is -0.505. The molecular formula is C26H30N6O3. The van der Waals surface area contributed by atoms with Gasteiger partial charge in [-0.25, -0.2) is 4.98 Å². The summed E-state index contributed by atoms with van der Waals surface area (Å²) < 4.78 is 12.7. The molecule has 1 aliphatic rings. The van der Waals surface area contributed by atoms with Crippen molar-refractivity contribution < 1.29 is 14.3 Å². The number of benzene rings is 1. The maximum atomic E-state index is 12.2. The monoisotopic (exact) mass is 474 g/mol. The van der Waals surface area contributed by atoms with Crippen molar-refractivity contribution in [2.45, 2.75) is 32.8 Å². The van der Waals surface area contributed by atoms with Crippen molar-refractivity contribution in [2.24, 2.45) is 0 Å². The number of carbonyl (C=O) groups excluding carboxylic acids is 1.